The van der Waals surface area contributed by atoms with E-state index in [0.717, 1.165) is 12.8 Å². The molecule has 1 saturated carbocycles. The minimum Gasteiger partial charge on any atom is -0.296 e. The van der Waals surface area contributed by atoms with E-state index in [0.29, 0.717) is 24.7 Å². The molecule has 2 aliphatic rings. The van der Waals surface area contributed by atoms with Gasteiger partial charge in [-0.1, -0.05) is 26.7 Å². The standard InChI is InChI=1S/C14H23NO2/c1-10(2)6-11-4-3-5-14(7-11)8-12(16)15-13(17)9-14/h10-11H,3-9H2,1-2H3,(H,15,16,17). The molecule has 2 fully saturated rings. The first-order valence-electron chi connectivity index (χ1n) is 6.82. The smallest absolute Gasteiger partial charge is 0.227 e. The van der Waals surface area contributed by atoms with Crippen LogP contribution in [-0.4, -0.2) is 11.8 Å². The Bertz CT molecular complexity index is 306. The molecular formula is C14H23NO2. The van der Waals surface area contributed by atoms with Gasteiger partial charge >= 0.3 is 0 Å². The van der Waals surface area contributed by atoms with Gasteiger partial charge in [-0.2, -0.15) is 0 Å². The summed E-state index contributed by atoms with van der Waals surface area (Å²) in [6.45, 7) is 4.50. The van der Waals surface area contributed by atoms with Gasteiger partial charge in [-0.25, -0.2) is 0 Å². The van der Waals surface area contributed by atoms with Crippen molar-refractivity contribution in [2.45, 2.75) is 58.8 Å². The number of nitrogens with one attached hydrogen (secondary N) is 1. The van der Waals surface area contributed by atoms with Gasteiger partial charge in [0.25, 0.3) is 0 Å². The number of rotatable bonds is 2. The largest absolute Gasteiger partial charge is 0.296 e. The molecule has 3 nitrogen and oxygen atoms in total. The van der Waals surface area contributed by atoms with Gasteiger partial charge in [0, 0.05) is 12.8 Å². The molecule has 0 aromatic carbocycles. The molecule has 0 radical (unpaired) electrons. The minimum atomic E-state index is -0.0635. The SMILES string of the molecule is CC(C)CC1CCCC2(CC(=O)NC(=O)C2)C1. The normalized spacial score (nSPS) is 28.5. The predicted octanol–water partition coefficient (Wildman–Crippen LogP) is 2.65. The zero-order chi connectivity index (χ0) is 12.5. The van der Waals surface area contributed by atoms with Crippen LogP contribution in [0.4, 0.5) is 0 Å². The van der Waals surface area contributed by atoms with Gasteiger partial charge in [-0.3, -0.25) is 14.9 Å². The maximum Gasteiger partial charge on any atom is 0.227 e. The van der Waals surface area contributed by atoms with Crippen LogP contribution in [0, 0.1) is 17.3 Å². The highest BCUT2D eigenvalue weighted by atomic mass is 16.2. The molecule has 1 atom stereocenters. The van der Waals surface area contributed by atoms with Crippen molar-refractivity contribution < 1.29 is 9.59 Å². The number of carbonyl (C=O) groups is 2. The maximum absolute atomic E-state index is 11.5. The van der Waals surface area contributed by atoms with Crippen LogP contribution in [0.5, 0.6) is 0 Å². The number of imide groups is 1. The Labute approximate surface area is 103 Å². The van der Waals surface area contributed by atoms with Crippen LogP contribution in [-0.2, 0) is 9.59 Å². The van der Waals surface area contributed by atoms with Crippen LogP contribution < -0.4 is 5.32 Å². The number of piperidine rings is 1. The van der Waals surface area contributed by atoms with Crippen LogP contribution in [0.25, 0.3) is 0 Å². The second-order valence-corrected chi connectivity index (χ2v) is 6.42. The lowest BCUT2D eigenvalue weighted by Crippen LogP contribution is -2.46. The molecule has 3 heteroatoms. The molecule has 96 valence electrons. The molecule has 1 unspecified atom stereocenters. The molecule has 1 N–H and O–H groups in total. The highest BCUT2D eigenvalue weighted by Crippen LogP contribution is 2.47. The summed E-state index contributed by atoms with van der Waals surface area (Å²) in [5, 5.41) is 2.43. The maximum atomic E-state index is 11.5. The summed E-state index contributed by atoms with van der Waals surface area (Å²) >= 11 is 0. The predicted molar refractivity (Wildman–Crippen MR) is 66.2 cm³/mol. The van der Waals surface area contributed by atoms with E-state index in [4.69, 9.17) is 0 Å². The van der Waals surface area contributed by atoms with Gasteiger partial charge in [-0.15, -0.1) is 0 Å². The number of amides is 2. The van der Waals surface area contributed by atoms with Crippen molar-refractivity contribution in [1.82, 2.24) is 5.32 Å². The molecule has 1 aliphatic heterocycles. The summed E-state index contributed by atoms with van der Waals surface area (Å²) in [7, 11) is 0. The fourth-order valence-corrected chi connectivity index (χ4v) is 3.76. The monoisotopic (exact) mass is 237 g/mol. The molecule has 0 aromatic heterocycles. The Morgan fingerprint density at radius 2 is 1.94 bits per heavy atom. The summed E-state index contributed by atoms with van der Waals surface area (Å²) < 4.78 is 0. The zero-order valence-corrected chi connectivity index (χ0v) is 10.9. The minimum absolute atomic E-state index is 0.00275. The summed E-state index contributed by atoms with van der Waals surface area (Å²) in [6.07, 6.45) is 6.94. The number of hydrogen-bond acceptors (Lipinski definition) is 2. The molecule has 2 rings (SSSR count). The highest BCUT2D eigenvalue weighted by molar-refractivity contribution is 5.98. The average Bonchev–Trinajstić information content (AvgIpc) is 2.13. The highest BCUT2D eigenvalue weighted by Gasteiger charge is 2.42. The topological polar surface area (TPSA) is 46.2 Å². The van der Waals surface area contributed by atoms with Crippen LogP contribution in [0.2, 0.25) is 0 Å². The van der Waals surface area contributed by atoms with Gasteiger partial charge in [0.05, 0.1) is 0 Å². The van der Waals surface area contributed by atoms with Crippen molar-refractivity contribution in [3.63, 3.8) is 0 Å². The third-order valence-electron chi connectivity index (χ3n) is 4.20. The van der Waals surface area contributed by atoms with E-state index in [1.54, 1.807) is 0 Å². The van der Waals surface area contributed by atoms with Crippen LogP contribution in [0.3, 0.4) is 0 Å². The molecule has 1 spiro atoms. The zero-order valence-electron chi connectivity index (χ0n) is 10.9. The second-order valence-electron chi connectivity index (χ2n) is 6.42. The lowest BCUT2D eigenvalue weighted by atomic mass is 9.63. The first-order valence-corrected chi connectivity index (χ1v) is 6.82. The summed E-state index contributed by atoms with van der Waals surface area (Å²) in [5.74, 6) is 1.30. The van der Waals surface area contributed by atoms with Crippen molar-refractivity contribution in [3.05, 3.63) is 0 Å². The molecule has 1 aliphatic carbocycles. The Morgan fingerprint density at radius 3 is 2.53 bits per heavy atom. The van der Waals surface area contributed by atoms with Gasteiger partial charge in [0.15, 0.2) is 0 Å². The average molecular weight is 237 g/mol. The Hall–Kier alpha value is -0.860. The first-order chi connectivity index (χ1) is 7.99. The first kappa shape index (κ1) is 12.6. The fourth-order valence-electron chi connectivity index (χ4n) is 3.76. The molecule has 0 bridgehead atoms. The molecule has 2 amide bonds. The third kappa shape index (κ3) is 3.08. The molecule has 1 saturated heterocycles. The van der Waals surface area contributed by atoms with Crippen molar-refractivity contribution in [2.24, 2.45) is 17.3 Å². The van der Waals surface area contributed by atoms with E-state index < -0.39 is 0 Å². The Balaban J connectivity index is 2.04. The van der Waals surface area contributed by atoms with Gasteiger partial charge in [0.1, 0.15) is 0 Å². The summed E-state index contributed by atoms with van der Waals surface area (Å²) in [6, 6.07) is 0. The van der Waals surface area contributed by atoms with E-state index in [9.17, 15) is 9.59 Å². The van der Waals surface area contributed by atoms with Crippen molar-refractivity contribution in [2.75, 3.05) is 0 Å². The molecule has 1 heterocycles. The van der Waals surface area contributed by atoms with Crippen molar-refractivity contribution in [1.29, 1.82) is 0 Å². The molecular weight excluding hydrogens is 214 g/mol. The summed E-state index contributed by atoms with van der Waals surface area (Å²) in [4.78, 5) is 23.1. The second kappa shape index (κ2) is 4.79. The van der Waals surface area contributed by atoms with Crippen molar-refractivity contribution >= 4 is 11.8 Å². The Morgan fingerprint density at radius 1 is 1.29 bits per heavy atom. The van der Waals surface area contributed by atoms with Gasteiger partial charge in [-0.05, 0) is 36.5 Å². The molecule has 17 heavy (non-hydrogen) atoms. The number of carbonyl (C=O) groups excluding carboxylic acids is 2. The number of hydrogen-bond donors (Lipinski definition) is 1. The van der Waals surface area contributed by atoms with E-state index in [1.165, 1.54) is 19.3 Å². The summed E-state index contributed by atoms with van der Waals surface area (Å²) in [5.41, 5.74) is -0.00275. The van der Waals surface area contributed by atoms with Crippen molar-refractivity contribution in [3.8, 4) is 0 Å². The van der Waals surface area contributed by atoms with Gasteiger partial charge in [0.2, 0.25) is 11.8 Å². The quantitative estimate of drug-likeness (QED) is 0.750. The van der Waals surface area contributed by atoms with Crippen LogP contribution >= 0.6 is 0 Å². The van der Waals surface area contributed by atoms with E-state index in [1.807, 2.05) is 0 Å². The van der Waals surface area contributed by atoms with E-state index in [-0.39, 0.29) is 17.2 Å². The van der Waals surface area contributed by atoms with E-state index >= 15 is 0 Å². The molecule has 0 aromatic rings. The van der Waals surface area contributed by atoms with Gasteiger partial charge < -0.3 is 0 Å². The van der Waals surface area contributed by atoms with Crippen LogP contribution in [0.15, 0.2) is 0 Å². The lowest BCUT2D eigenvalue weighted by Gasteiger charge is -2.42. The fraction of sp³-hybridized carbons (Fsp3) is 0.857. The lowest BCUT2D eigenvalue weighted by molar-refractivity contribution is -0.139. The third-order valence-corrected chi connectivity index (χ3v) is 4.20. The van der Waals surface area contributed by atoms with E-state index in [2.05, 4.69) is 19.2 Å². The van der Waals surface area contributed by atoms with Crippen LogP contribution in [0.1, 0.15) is 58.8 Å². The Kier molecular flexibility index (Phi) is 3.55.